The molecule has 3 aromatic heterocycles. The number of nitrogens with one attached hydrogen (secondary N) is 4. The fourth-order valence-corrected chi connectivity index (χ4v) is 8.08. The molecule has 0 saturated carbocycles. The second kappa shape index (κ2) is 16.9. The minimum atomic E-state index is -0.704. The van der Waals surface area contributed by atoms with Gasteiger partial charge in [0.1, 0.15) is 11.1 Å². The van der Waals surface area contributed by atoms with E-state index in [0.717, 1.165) is 17.6 Å². The number of benzene rings is 2. The first-order chi connectivity index (χ1) is 27.3. The van der Waals surface area contributed by atoms with E-state index < -0.39 is 11.7 Å². The van der Waals surface area contributed by atoms with Crippen LogP contribution in [0.1, 0.15) is 57.7 Å². The van der Waals surface area contributed by atoms with Gasteiger partial charge in [0.15, 0.2) is 0 Å². The van der Waals surface area contributed by atoms with Gasteiger partial charge in [-0.05, 0) is 57.9 Å². The number of aromatic nitrogens is 3. The molecule has 2 aliphatic rings. The lowest BCUT2D eigenvalue weighted by Crippen LogP contribution is -2.43. The Hall–Kier alpha value is -4.88. The number of hydrogen-bond acceptors (Lipinski definition) is 8. The van der Waals surface area contributed by atoms with Gasteiger partial charge in [0, 0.05) is 72.4 Å². The van der Waals surface area contributed by atoms with Crippen molar-refractivity contribution in [2.24, 2.45) is 0 Å². The van der Waals surface area contributed by atoms with E-state index in [1.165, 1.54) is 7.11 Å². The number of carbonyl (C=O) groups is 3. The number of amides is 3. The molecule has 12 nitrogen and oxygen atoms in total. The summed E-state index contributed by atoms with van der Waals surface area (Å²) in [6.45, 7) is 7.01. The molecule has 57 heavy (non-hydrogen) atoms. The lowest BCUT2D eigenvalue weighted by molar-refractivity contribution is -0.120. The first-order valence-electron chi connectivity index (χ1n) is 18.8. The van der Waals surface area contributed by atoms with Crippen molar-refractivity contribution in [2.75, 3.05) is 20.2 Å². The molecule has 5 heterocycles. The fraction of sp³-hybridized carbons (Fsp3) is 0.357. The van der Waals surface area contributed by atoms with Crippen LogP contribution in [0.5, 0.6) is 5.88 Å². The van der Waals surface area contributed by atoms with E-state index in [4.69, 9.17) is 54.2 Å². The predicted molar refractivity (Wildman–Crippen MR) is 222 cm³/mol. The smallest absolute Gasteiger partial charge is 0.410 e. The molecule has 5 aromatic rings. The minimum Gasteiger partial charge on any atom is -0.481 e. The zero-order valence-corrected chi connectivity index (χ0v) is 34.4. The summed E-state index contributed by atoms with van der Waals surface area (Å²) in [5.41, 5.74) is 6.19. The molecule has 298 valence electrons. The van der Waals surface area contributed by atoms with Crippen LogP contribution in [0.25, 0.3) is 44.7 Å². The van der Waals surface area contributed by atoms with E-state index in [2.05, 4.69) is 20.9 Å². The molecule has 2 atom stereocenters. The van der Waals surface area contributed by atoms with Crippen molar-refractivity contribution in [1.29, 1.82) is 0 Å². The van der Waals surface area contributed by atoms with Crippen LogP contribution < -0.4 is 20.7 Å². The number of H-pyrrole nitrogens is 1. The van der Waals surface area contributed by atoms with Crippen LogP contribution in [0.2, 0.25) is 15.1 Å². The molecule has 0 bridgehead atoms. The van der Waals surface area contributed by atoms with Gasteiger partial charge in [0.25, 0.3) is 0 Å². The maximum atomic E-state index is 13.3. The molecule has 2 saturated heterocycles. The van der Waals surface area contributed by atoms with E-state index in [1.54, 1.807) is 4.90 Å². The Morgan fingerprint density at radius 3 is 2.02 bits per heavy atom. The summed E-state index contributed by atoms with van der Waals surface area (Å²) >= 11 is 21.1. The number of fused-ring (bicyclic) bond motifs is 1. The van der Waals surface area contributed by atoms with Gasteiger partial charge in [0.2, 0.25) is 17.7 Å². The van der Waals surface area contributed by atoms with Crippen LogP contribution in [0, 0.1) is 0 Å². The molecule has 3 amide bonds. The Balaban J connectivity index is 1.13. The first kappa shape index (κ1) is 40.3. The lowest BCUT2D eigenvalue weighted by atomic mass is 9.98. The summed E-state index contributed by atoms with van der Waals surface area (Å²) in [7, 11) is 1.52. The van der Waals surface area contributed by atoms with Crippen molar-refractivity contribution in [3.8, 4) is 39.5 Å². The van der Waals surface area contributed by atoms with E-state index >= 15 is 0 Å². The minimum absolute atomic E-state index is 0.0353. The van der Waals surface area contributed by atoms with E-state index in [1.807, 2.05) is 81.4 Å². The average molecular weight is 833 g/mol. The molecule has 0 radical (unpaired) electrons. The van der Waals surface area contributed by atoms with Crippen LogP contribution in [0.4, 0.5) is 4.79 Å². The molecule has 0 spiro atoms. The second-order valence-corrected chi connectivity index (χ2v) is 16.4. The molecular formula is C42H44Cl3N7O5. The van der Waals surface area contributed by atoms with Gasteiger partial charge in [-0.2, -0.15) is 0 Å². The molecular weight excluding hydrogens is 789 g/mol. The highest BCUT2D eigenvalue weighted by molar-refractivity contribution is 6.39. The highest BCUT2D eigenvalue weighted by atomic mass is 35.5. The van der Waals surface area contributed by atoms with Crippen molar-refractivity contribution in [3.05, 3.63) is 87.0 Å². The average Bonchev–Trinajstić information content (AvgIpc) is 3.88. The Labute approximate surface area is 346 Å². The van der Waals surface area contributed by atoms with Crippen LogP contribution in [0.15, 0.2) is 60.7 Å². The molecule has 15 heteroatoms. The van der Waals surface area contributed by atoms with Crippen molar-refractivity contribution in [2.45, 2.75) is 77.2 Å². The van der Waals surface area contributed by atoms with E-state index in [-0.39, 0.29) is 37.0 Å². The summed E-state index contributed by atoms with van der Waals surface area (Å²) in [5, 5.41) is 10.7. The molecule has 2 fully saturated rings. The summed E-state index contributed by atoms with van der Waals surface area (Å²) in [4.78, 5) is 51.4. The number of aromatic amines is 1. The molecule has 4 N–H and O–H groups in total. The Bertz CT molecular complexity index is 2340. The van der Waals surface area contributed by atoms with Crippen LogP contribution in [0.3, 0.4) is 0 Å². The number of ether oxygens (including phenoxy) is 2. The SMILES string of the molecule is COc1nc(-c2cccc(-c3cccc(-c4ccc5[nH]c(CNC[C@@H]6CCC(=O)N6)c(Cl)c5n4)c3Cl)c2Cl)ccc1CN(C[C@@H]1CCC(=O)N1)C(=O)OC(C)(C)C. The Morgan fingerprint density at radius 2 is 1.42 bits per heavy atom. The molecule has 2 aromatic carbocycles. The molecule has 0 unspecified atom stereocenters. The second-order valence-electron chi connectivity index (χ2n) is 15.3. The zero-order valence-electron chi connectivity index (χ0n) is 32.1. The van der Waals surface area contributed by atoms with Gasteiger partial charge >= 0.3 is 6.09 Å². The number of nitrogens with zero attached hydrogens (tertiary/aromatic N) is 3. The van der Waals surface area contributed by atoms with Crippen molar-refractivity contribution >= 4 is 63.7 Å². The number of rotatable bonds is 12. The first-order valence-corrected chi connectivity index (χ1v) is 20.0. The monoisotopic (exact) mass is 831 g/mol. The Kier molecular flexibility index (Phi) is 12.0. The van der Waals surface area contributed by atoms with Gasteiger partial charge < -0.3 is 35.3 Å². The van der Waals surface area contributed by atoms with Gasteiger partial charge in [-0.25, -0.2) is 14.8 Å². The maximum absolute atomic E-state index is 13.3. The summed E-state index contributed by atoms with van der Waals surface area (Å²) in [5.74, 6) is 0.370. The van der Waals surface area contributed by atoms with Crippen LogP contribution >= 0.6 is 34.8 Å². The van der Waals surface area contributed by atoms with Crippen molar-refractivity contribution in [3.63, 3.8) is 0 Å². The number of methoxy groups -OCH3 is 1. The van der Waals surface area contributed by atoms with Gasteiger partial charge in [-0.3, -0.25) is 9.59 Å². The highest BCUT2D eigenvalue weighted by Crippen LogP contribution is 2.42. The maximum Gasteiger partial charge on any atom is 0.410 e. The standard InChI is InChI=1S/C42H44Cl3N7O5/c1-42(2,3)57-41(55)52(22-25-13-18-35(54)48-25)21-23-11-14-31(51-40(23)56-4)29-10-6-8-27(37(29)44)26-7-5-9-28(36(26)43)30-15-16-32-39(50-30)38(45)33(49-32)20-46-19-24-12-17-34(53)47-24/h5-11,14-16,24-25,46,49H,12-13,17-22H2,1-4H3,(H,47,53)(H,48,54)/t24-,25-/m0/s1. The lowest BCUT2D eigenvalue weighted by Gasteiger charge is -2.29. The van der Waals surface area contributed by atoms with E-state index in [9.17, 15) is 14.4 Å². The van der Waals surface area contributed by atoms with Gasteiger partial charge in [-0.15, -0.1) is 0 Å². The third-order valence-corrected chi connectivity index (χ3v) is 11.2. The van der Waals surface area contributed by atoms with Crippen LogP contribution in [-0.4, -0.2) is 75.6 Å². The van der Waals surface area contributed by atoms with Crippen molar-refractivity contribution < 1.29 is 23.9 Å². The predicted octanol–water partition coefficient (Wildman–Crippen LogP) is 8.31. The Morgan fingerprint density at radius 1 is 0.825 bits per heavy atom. The summed E-state index contributed by atoms with van der Waals surface area (Å²) < 4.78 is 11.4. The number of halogens is 3. The summed E-state index contributed by atoms with van der Waals surface area (Å²) in [6.07, 6.45) is 1.92. The van der Waals surface area contributed by atoms with Crippen LogP contribution in [-0.2, 0) is 27.4 Å². The van der Waals surface area contributed by atoms with Crippen molar-refractivity contribution in [1.82, 2.24) is 35.8 Å². The number of hydrogen-bond donors (Lipinski definition) is 4. The number of carbonyl (C=O) groups excluding carboxylic acids is 3. The quantitative estimate of drug-likeness (QED) is 0.0981. The van der Waals surface area contributed by atoms with E-state index in [0.29, 0.717) is 98.0 Å². The highest BCUT2D eigenvalue weighted by Gasteiger charge is 2.30. The summed E-state index contributed by atoms with van der Waals surface area (Å²) in [6, 6.07) is 18.8. The number of pyridine rings is 2. The largest absolute Gasteiger partial charge is 0.481 e. The fourth-order valence-electron chi connectivity index (χ4n) is 7.17. The van der Waals surface area contributed by atoms with Gasteiger partial charge in [0.05, 0.1) is 51.3 Å². The normalized spacial score (nSPS) is 16.8. The molecule has 7 rings (SSSR count). The topological polar surface area (TPSA) is 151 Å². The molecule has 2 aliphatic heterocycles. The zero-order chi connectivity index (χ0) is 40.4. The third kappa shape index (κ3) is 9.15. The molecule has 0 aliphatic carbocycles. The third-order valence-electron chi connectivity index (χ3n) is 9.94. The van der Waals surface area contributed by atoms with Gasteiger partial charge in [-0.1, -0.05) is 71.2 Å².